The Morgan fingerprint density at radius 2 is 2.10 bits per heavy atom. The summed E-state index contributed by atoms with van der Waals surface area (Å²) in [5, 5.41) is 0.729. The molecule has 1 heterocycles. The Morgan fingerprint density at radius 1 is 1.50 bits per heavy atom. The second kappa shape index (κ2) is 2.72. The molecule has 10 heavy (non-hydrogen) atoms. The largest absolute Gasteiger partial charge is 0.297 e. The van der Waals surface area contributed by atoms with Crippen molar-refractivity contribution in [3.63, 3.8) is 0 Å². The molecule has 0 aliphatic heterocycles. The summed E-state index contributed by atoms with van der Waals surface area (Å²) in [6, 6.07) is 0. The molecule has 0 fully saturated rings. The molecule has 0 amide bonds. The fraction of sp³-hybridized carbons (Fsp3) is 0.286. The first-order chi connectivity index (χ1) is 4.66. The summed E-state index contributed by atoms with van der Waals surface area (Å²) in [4.78, 5) is 12.1. The van der Waals surface area contributed by atoms with E-state index in [9.17, 15) is 4.79 Å². The van der Waals surface area contributed by atoms with Crippen LogP contribution in [0.1, 0.15) is 20.1 Å². The van der Waals surface area contributed by atoms with Crippen molar-refractivity contribution in [1.29, 1.82) is 0 Å². The molecule has 1 aromatic heterocycles. The van der Waals surface area contributed by atoms with Crippen LogP contribution >= 0.6 is 22.9 Å². The highest BCUT2D eigenvalue weighted by molar-refractivity contribution is 7.14. The molecule has 54 valence electrons. The van der Waals surface area contributed by atoms with Crippen molar-refractivity contribution in [2.45, 2.75) is 13.8 Å². The Labute approximate surface area is 68.6 Å². The predicted molar refractivity (Wildman–Crippen MR) is 44.2 cm³/mol. The number of hydrogen-bond acceptors (Lipinski definition) is 2. The van der Waals surface area contributed by atoms with E-state index in [0.29, 0.717) is 0 Å². The zero-order chi connectivity index (χ0) is 7.72. The topological polar surface area (TPSA) is 17.1 Å². The van der Waals surface area contributed by atoms with Gasteiger partial charge in [-0.25, -0.2) is 0 Å². The van der Waals surface area contributed by atoms with Gasteiger partial charge < -0.3 is 0 Å². The number of thiophene rings is 1. The number of rotatable bonds is 1. The molecule has 0 bridgehead atoms. The maximum absolute atomic E-state index is 10.3. The van der Waals surface area contributed by atoms with Crippen LogP contribution in [0.5, 0.6) is 0 Å². The number of aldehydes is 1. The van der Waals surface area contributed by atoms with Crippen molar-refractivity contribution in [2.24, 2.45) is 0 Å². The third-order valence-electron chi connectivity index (χ3n) is 1.38. The molecule has 0 aliphatic rings. The Kier molecular flexibility index (Phi) is 2.11. The summed E-state index contributed by atoms with van der Waals surface area (Å²) in [6.07, 6.45) is 0.846. The highest BCUT2D eigenvalue weighted by Gasteiger charge is 2.07. The maximum atomic E-state index is 10.3. The average molecular weight is 175 g/mol. The molecular weight excluding hydrogens is 168 g/mol. The molecule has 1 aromatic rings. The SMILES string of the molecule is Cc1sc(C=O)c(C)c1Cl. The van der Waals surface area contributed by atoms with Crippen LogP contribution < -0.4 is 0 Å². The van der Waals surface area contributed by atoms with Crippen LogP contribution in [0.3, 0.4) is 0 Å². The van der Waals surface area contributed by atoms with Crippen molar-refractivity contribution < 1.29 is 4.79 Å². The highest BCUT2D eigenvalue weighted by Crippen LogP contribution is 2.29. The maximum Gasteiger partial charge on any atom is 0.160 e. The van der Waals surface area contributed by atoms with Gasteiger partial charge in [0, 0.05) is 4.88 Å². The number of hydrogen-bond donors (Lipinski definition) is 0. The van der Waals surface area contributed by atoms with Crippen LogP contribution in [0.2, 0.25) is 5.02 Å². The smallest absolute Gasteiger partial charge is 0.160 e. The molecule has 0 radical (unpaired) electrons. The van der Waals surface area contributed by atoms with Crippen molar-refractivity contribution in [2.75, 3.05) is 0 Å². The second-order valence-electron chi connectivity index (χ2n) is 2.08. The molecule has 0 unspecified atom stereocenters. The van der Waals surface area contributed by atoms with Gasteiger partial charge in [0.15, 0.2) is 6.29 Å². The van der Waals surface area contributed by atoms with E-state index in [0.717, 1.165) is 26.6 Å². The predicted octanol–water partition coefficient (Wildman–Crippen LogP) is 2.83. The first-order valence-electron chi connectivity index (χ1n) is 2.87. The molecule has 1 rings (SSSR count). The van der Waals surface area contributed by atoms with Crippen molar-refractivity contribution in [3.05, 3.63) is 20.3 Å². The van der Waals surface area contributed by atoms with Gasteiger partial charge in [-0.15, -0.1) is 11.3 Å². The van der Waals surface area contributed by atoms with Crippen molar-refractivity contribution in [1.82, 2.24) is 0 Å². The Balaban J connectivity index is 3.30. The van der Waals surface area contributed by atoms with Crippen molar-refractivity contribution >= 4 is 29.2 Å². The van der Waals surface area contributed by atoms with Gasteiger partial charge in [-0.05, 0) is 19.4 Å². The van der Waals surface area contributed by atoms with E-state index in [1.54, 1.807) is 0 Å². The minimum absolute atomic E-state index is 0.729. The van der Waals surface area contributed by atoms with Crippen LogP contribution in [0.4, 0.5) is 0 Å². The third-order valence-corrected chi connectivity index (χ3v) is 3.19. The highest BCUT2D eigenvalue weighted by atomic mass is 35.5. The first-order valence-corrected chi connectivity index (χ1v) is 4.07. The summed E-state index contributed by atoms with van der Waals surface area (Å²) in [7, 11) is 0. The average Bonchev–Trinajstić information content (AvgIpc) is 2.17. The first kappa shape index (κ1) is 7.76. The molecule has 0 atom stereocenters. The molecule has 0 N–H and O–H groups in total. The van der Waals surface area contributed by atoms with E-state index in [2.05, 4.69) is 0 Å². The standard InChI is InChI=1S/C7H7ClOS/c1-4-6(3-9)10-5(2)7(4)8/h3H,1-2H3. The summed E-state index contributed by atoms with van der Waals surface area (Å²) in [6.45, 7) is 3.77. The minimum atomic E-state index is 0.729. The summed E-state index contributed by atoms with van der Waals surface area (Å²) >= 11 is 7.27. The van der Waals surface area contributed by atoms with Crippen LogP contribution in [0.15, 0.2) is 0 Å². The Morgan fingerprint density at radius 3 is 2.30 bits per heavy atom. The van der Waals surface area contributed by atoms with E-state index in [1.165, 1.54) is 11.3 Å². The molecule has 0 saturated carbocycles. The number of carbonyl (C=O) groups excluding carboxylic acids is 1. The summed E-state index contributed by atoms with van der Waals surface area (Å²) in [5.41, 5.74) is 0.902. The van der Waals surface area contributed by atoms with E-state index >= 15 is 0 Å². The Bertz CT molecular complexity index is 265. The van der Waals surface area contributed by atoms with E-state index in [-0.39, 0.29) is 0 Å². The zero-order valence-electron chi connectivity index (χ0n) is 5.77. The number of carbonyl (C=O) groups is 1. The lowest BCUT2D eigenvalue weighted by Crippen LogP contribution is -1.74. The van der Waals surface area contributed by atoms with Crippen LogP contribution in [-0.4, -0.2) is 6.29 Å². The van der Waals surface area contributed by atoms with Crippen LogP contribution in [0.25, 0.3) is 0 Å². The number of aryl methyl sites for hydroxylation is 1. The fourth-order valence-electron chi connectivity index (χ4n) is 0.771. The van der Waals surface area contributed by atoms with E-state index in [4.69, 9.17) is 11.6 Å². The molecule has 0 aromatic carbocycles. The lowest BCUT2D eigenvalue weighted by atomic mass is 10.3. The molecular formula is C7H7ClOS. The van der Waals surface area contributed by atoms with Gasteiger partial charge in [0.25, 0.3) is 0 Å². The lowest BCUT2D eigenvalue weighted by molar-refractivity contribution is 0.112. The summed E-state index contributed by atoms with van der Waals surface area (Å²) < 4.78 is 0. The molecule has 0 spiro atoms. The van der Waals surface area contributed by atoms with E-state index < -0.39 is 0 Å². The van der Waals surface area contributed by atoms with Gasteiger partial charge in [0.1, 0.15) is 0 Å². The zero-order valence-corrected chi connectivity index (χ0v) is 7.34. The van der Waals surface area contributed by atoms with Gasteiger partial charge in [0.05, 0.1) is 9.90 Å². The van der Waals surface area contributed by atoms with Gasteiger partial charge in [-0.2, -0.15) is 0 Å². The van der Waals surface area contributed by atoms with Gasteiger partial charge in [-0.3, -0.25) is 4.79 Å². The quantitative estimate of drug-likeness (QED) is 0.599. The molecule has 3 heteroatoms. The van der Waals surface area contributed by atoms with E-state index in [1.807, 2.05) is 13.8 Å². The molecule has 0 aliphatic carbocycles. The fourth-order valence-corrected chi connectivity index (χ4v) is 1.92. The molecule has 0 saturated heterocycles. The minimum Gasteiger partial charge on any atom is -0.297 e. The monoisotopic (exact) mass is 174 g/mol. The normalized spacial score (nSPS) is 9.90. The van der Waals surface area contributed by atoms with Gasteiger partial charge in [-0.1, -0.05) is 11.6 Å². The molecule has 1 nitrogen and oxygen atoms in total. The second-order valence-corrected chi connectivity index (χ2v) is 3.71. The number of halogens is 1. The van der Waals surface area contributed by atoms with Gasteiger partial charge in [0.2, 0.25) is 0 Å². The van der Waals surface area contributed by atoms with Crippen molar-refractivity contribution in [3.8, 4) is 0 Å². The Hall–Kier alpha value is -0.340. The van der Waals surface area contributed by atoms with Gasteiger partial charge >= 0.3 is 0 Å². The summed E-state index contributed by atoms with van der Waals surface area (Å²) in [5.74, 6) is 0. The third kappa shape index (κ3) is 1.09. The van der Waals surface area contributed by atoms with Crippen LogP contribution in [-0.2, 0) is 0 Å². The lowest BCUT2D eigenvalue weighted by Gasteiger charge is -1.85. The van der Waals surface area contributed by atoms with Crippen LogP contribution in [0, 0.1) is 13.8 Å².